The van der Waals surface area contributed by atoms with E-state index in [1.54, 1.807) is 6.07 Å². The van der Waals surface area contributed by atoms with Gasteiger partial charge in [0.05, 0.1) is 5.56 Å². The van der Waals surface area contributed by atoms with E-state index in [9.17, 15) is 9.59 Å². The van der Waals surface area contributed by atoms with Crippen molar-refractivity contribution in [1.82, 2.24) is 10.4 Å². The van der Waals surface area contributed by atoms with Crippen molar-refractivity contribution in [2.24, 2.45) is 5.92 Å². The number of nitrogens with one attached hydrogen (secondary N) is 2. The summed E-state index contributed by atoms with van der Waals surface area (Å²) >= 11 is 3.44. The van der Waals surface area contributed by atoms with Gasteiger partial charge in [0.1, 0.15) is 6.17 Å². The van der Waals surface area contributed by atoms with Gasteiger partial charge in [-0.2, -0.15) is 0 Å². The highest BCUT2D eigenvalue weighted by molar-refractivity contribution is 9.10. The SMILES string of the molecule is CN(C)c1ccc(C2Nc3ccc(Br)cc3C(=O)N2NC(=O)C2CCCCC2)cc1. The van der Waals surface area contributed by atoms with Gasteiger partial charge in [-0.05, 0) is 48.7 Å². The molecule has 7 heteroatoms. The molecule has 1 atom stereocenters. The molecule has 0 spiro atoms. The molecular formula is C23H27BrN4O2. The van der Waals surface area contributed by atoms with E-state index in [0.29, 0.717) is 5.56 Å². The van der Waals surface area contributed by atoms with Crippen molar-refractivity contribution in [3.8, 4) is 0 Å². The predicted octanol–water partition coefficient (Wildman–Crippen LogP) is 4.69. The number of nitrogens with zero attached hydrogens (tertiary/aromatic N) is 2. The van der Waals surface area contributed by atoms with Gasteiger partial charge in [-0.1, -0.05) is 47.3 Å². The van der Waals surface area contributed by atoms with Gasteiger partial charge < -0.3 is 10.2 Å². The molecule has 1 fully saturated rings. The topological polar surface area (TPSA) is 64.7 Å². The fourth-order valence-electron chi connectivity index (χ4n) is 4.16. The summed E-state index contributed by atoms with van der Waals surface area (Å²) in [5.41, 5.74) is 6.22. The summed E-state index contributed by atoms with van der Waals surface area (Å²) in [6, 6.07) is 13.6. The van der Waals surface area contributed by atoms with Crippen molar-refractivity contribution in [3.63, 3.8) is 0 Å². The summed E-state index contributed by atoms with van der Waals surface area (Å²) in [6.07, 6.45) is 4.59. The van der Waals surface area contributed by atoms with Crippen LogP contribution in [0.25, 0.3) is 0 Å². The Morgan fingerprint density at radius 3 is 2.47 bits per heavy atom. The van der Waals surface area contributed by atoms with E-state index in [0.717, 1.165) is 47.1 Å². The molecule has 2 aromatic carbocycles. The molecule has 1 saturated carbocycles. The summed E-state index contributed by atoms with van der Waals surface area (Å²) in [5, 5.41) is 4.89. The van der Waals surface area contributed by atoms with Gasteiger partial charge in [0.25, 0.3) is 5.91 Å². The van der Waals surface area contributed by atoms with E-state index >= 15 is 0 Å². The summed E-state index contributed by atoms with van der Waals surface area (Å²) in [7, 11) is 3.98. The molecule has 6 nitrogen and oxygen atoms in total. The zero-order chi connectivity index (χ0) is 21.3. The Balaban J connectivity index is 1.66. The van der Waals surface area contributed by atoms with Crippen LogP contribution in [0.3, 0.4) is 0 Å². The van der Waals surface area contributed by atoms with Crippen LogP contribution < -0.4 is 15.6 Å². The lowest BCUT2D eigenvalue weighted by molar-refractivity contribution is -0.130. The van der Waals surface area contributed by atoms with Crippen LogP contribution >= 0.6 is 15.9 Å². The molecule has 0 radical (unpaired) electrons. The first kappa shape index (κ1) is 20.7. The summed E-state index contributed by atoms with van der Waals surface area (Å²) < 4.78 is 0.823. The normalized spacial score (nSPS) is 19.1. The minimum atomic E-state index is -0.477. The first-order valence-electron chi connectivity index (χ1n) is 10.4. The van der Waals surface area contributed by atoms with Gasteiger partial charge in [0.15, 0.2) is 0 Å². The fraction of sp³-hybridized carbons (Fsp3) is 0.391. The molecule has 2 aliphatic rings. The Kier molecular flexibility index (Phi) is 5.99. The van der Waals surface area contributed by atoms with Crippen LogP contribution in [0.1, 0.15) is 54.2 Å². The Hall–Kier alpha value is -2.54. The molecule has 1 unspecified atom stereocenters. The highest BCUT2D eigenvalue weighted by atomic mass is 79.9. The molecule has 2 amide bonds. The lowest BCUT2D eigenvalue weighted by atomic mass is 9.89. The second-order valence-electron chi connectivity index (χ2n) is 8.21. The number of anilines is 2. The number of carbonyl (C=O) groups is 2. The lowest BCUT2D eigenvalue weighted by Gasteiger charge is -2.39. The van der Waals surface area contributed by atoms with Crippen molar-refractivity contribution >= 4 is 39.1 Å². The number of hydrazine groups is 1. The number of fused-ring (bicyclic) bond motifs is 1. The lowest BCUT2D eigenvalue weighted by Crippen LogP contribution is -2.54. The molecule has 30 heavy (non-hydrogen) atoms. The Morgan fingerprint density at radius 1 is 1.10 bits per heavy atom. The molecule has 2 N–H and O–H groups in total. The van der Waals surface area contributed by atoms with Gasteiger partial charge in [0, 0.05) is 35.9 Å². The monoisotopic (exact) mass is 470 g/mol. The molecule has 0 bridgehead atoms. The van der Waals surface area contributed by atoms with Gasteiger partial charge in [-0.3, -0.25) is 15.0 Å². The molecule has 0 saturated heterocycles. The number of rotatable bonds is 4. The van der Waals surface area contributed by atoms with E-state index in [1.165, 1.54) is 11.4 Å². The van der Waals surface area contributed by atoms with Crippen LogP contribution in [0.15, 0.2) is 46.9 Å². The largest absolute Gasteiger partial charge is 0.378 e. The van der Waals surface area contributed by atoms with Crippen LogP contribution in [0.5, 0.6) is 0 Å². The van der Waals surface area contributed by atoms with Crippen LogP contribution in [0.2, 0.25) is 0 Å². The maximum atomic E-state index is 13.4. The van der Waals surface area contributed by atoms with Crippen LogP contribution in [0.4, 0.5) is 11.4 Å². The number of benzene rings is 2. The van der Waals surface area contributed by atoms with Crippen molar-refractivity contribution in [1.29, 1.82) is 0 Å². The highest BCUT2D eigenvalue weighted by Crippen LogP contribution is 2.34. The van der Waals surface area contributed by atoms with E-state index in [4.69, 9.17) is 0 Å². The van der Waals surface area contributed by atoms with Crippen molar-refractivity contribution in [2.75, 3.05) is 24.3 Å². The molecule has 4 rings (SSSR count). The Bertz CT molecular complexity index is 939. The minimum absolute atomic E-state index is 0.0350. The van der Waals surface area contributed by atoms with Crippen molar-refractivity contribution < 1.29 is 9.59 Å². The fourth-order valence-corrected chi connectivity index (χ4v) is 4.52. The van der Waals surface area contributed by atoms with E-state index in [1.807, 2.05) is 55.4 Å². The maximum Gasteiger partial charge on any atom is 0.276 e. The predicted molar refractivity (Wildman–Crippen MR) is 122 cm³/mol. The Labute approximate surface area is 185 Å². The van der Waals surface area contributed by atoms with E-state index in [2.05, 4.69) is 26.7 Å². The molecule has 2 aromatic rings. The standard InChI is InChI=1S/C23H27BrN4O2/c1-27(2)18-11-8-15(9-12-18)21-25-20-13-10-17(24)14-19(20)23(30)28(21)26-22(29)16-6-4-3-5-7-16/h8-14,16,21,25H,3-7H2,1-2H3,(H,26,29). The average molecular weight is 471 g/mol. The molecule has 1 heterocycles. The molecule has 0 aromatic heterocycles. The molecule has 1 aliphatic carbocycles. The van der Waals surface area contributed by atoms with Crippen molar-refractivity contribution in [3.05, 3.63) is 58.1 Å². The second kappa shape index (κ2) is 8.68. The first-order valence-corrected chi connectivity index (χ1v) is 11.2. The van der Waals surface area contributed by atoms with Gasteiger partial charge in [-0.25, -0.2) is 5.01 Å². The van der Waals surface area contributed by atoms with E-state index < -0.39 is 6.17 Å². The summed E-state index contributed by atoms with van der Waals surface area (Å²) in [4.78, 5) is 28.4. The quantitative estimate of drug-likeness (QED) is 0.679. The minimum Gasteiger partial charge on any atom is -0.378 e. The average Bonchev–Trinajstić information content (AvgIpc) is 2.76. The zero-order valence-electron chi connectivity index (χ0n) is 17.3. The van der Waals surface area contributed by atoms with Crippen LogP contribution in [-0.2, 0) is 4.79 Å². The number of amides is 2. The first-order chi connectivity index (χ1) is 14.4. The Morgan fingerprint density at radius 2 is 1.80 bits per heavy atom. The molecular weight excluding hydrogens is 444 g/mol. The third-order valence-corrected chi connectivity index (χ3v) is 6.41. The number of carbonyl (C=O) groups excluding carboxylic acids is 2. The number of hydrogen-bond donors (Lipinski definition) is 2. The zero-order valence-corrected chi connectivity index (χ0v) is 18.9. The number of hydrogen-bond acceptors (Lipinski definition) is 4. The van der Waals surface area contributed by atoms with Crippen molar-refractivity contribution in [2.45, 2.75) is 38.3 Å². The van der Waals surface area contributed by atoms with E-state index in [-0.39, 0.29) is 17.7 Å². The highest BCUT2D eigenvalue weighted by Gasteiger charge is 2.36. The number of halogens is 1. The van der Waals surface area contributed by atoms with Crippen LogP contribution in [0, 0.1) is 5.92 Å². The second-order valence-corrected chi connectivity index (χ2v) is 9.12. The summed E-state index contributed by atoms with van der Waals surface area (Å²) in [5.74, 6) is -0.318. The molecule has 1 aliphatic heterocycles. The summed E-state index contributed by atoms with van der Waals surface area (Å²) in [6.45, 7) is 0. The smallest absolute Gasteiger partial charge is 0.276 e. The maximum absolute atomic E-state index is 13.4. The van der Waals surface area contributed by atoms with Gasteiger partial charge >= 0.3 is 0 Å². The van der Waals surface area contributed by atoms with Crippen LogP contribution in [-0.4, -0.2) is 30.9 Å². The van der Waals surface area contributed by atoms with Gasteiger partial charge in [-0.15, -0.1) is 0 Å². The van der Waals surface area contributed by atoms with Gasteiger partial charge in [0.2, 0.25) is 5.91 Å². The third-order valence-electron chi connectivity index (χ3n) is 5.91. The molecule has 158 valence electrons. The third kappa shape index (κ3) is 4.17.